The van der Waals surface area contributed by atoms with Crippen molar-refractivity contribution in [1.82, 2.24) is 9.55 Å². The molecule has 1 heterocycles. The molecule has 0 aliphatic rings. The Hall–Kier alpha value is -0.830. The number of methoxy groups -OCH3 is 1. The standard InChI is InChI=1S/C9H16N2O/c1-3-9(4-7-12-2)11-6-5-10-8-11/h5-6,8-9H,3-4,7H2,1-2H3. The van der Waals surface area contributed by atoms with Gasteiger partial charge in [-0.3, -0.25) is 0 Å². The summed E-state index contributed by atoms with van der Waals surface area (Å²) in [5.74, 6) is 0. The minimum atomic E-state index is 0.535. The molecular weight excluding hydrogens is 152 g/mol. The van der Waals surface area contributed by atoms with E-state index in [2.05, 4.69) is 16.5 Å². The van der Waals surface area contributed by atoms with Crippen LogP contribution in [0.2, 0.25) is 0 Å². The van der Waals surface area contributed by atoms with Crippen LogP contribution in [0.4, 0.5) is 0 Å². The molecule has 0 aliphatic heterocycles. The van der Waals surface area contributed by atoms with Gasteiger partial charge in [0.15, 0.2) is 0 Å². The maximum atomic E-state index is 5.04. The number of rotatable bonds is 5. The van der Waals surface area contributed by atoms with Crippen molar-refractivity contribution < 1.29 is 4.74 Å². The average Bonchev–Trinajstić information content (AvgIpc) is 2.59. The zero-order valence-corrected chi connectivity index (χ0v) is 7.73. The van der Waals surface area contributed by atoms with Crippen LogP contribution in [0.5, 0.6) is 0 Å². The summed E-state index contributed by atoms with van der Waals surface area (Å²) in [4.78, 5) is 4.02. The van der Waals surface area contributed by atoms with Crippen LogP contribution in [-0.4, -0.2) is 23.3 Å². The summed E-state index contributed by atoms with van der Waals surface area (Å²) in [7, 11) is 1.74. The highest BCUT2D eigenvalue weighted by atomic mass is 16.5. The predicted octanol–water partition coefficient (Wildman–Crippen LogP) is 1.87. The third-order valence-electron chi connectivity index (χ3n) is 2.07. The van der Waals surface area contributed by atoms with Crippen LogP contribution in [0.15, 0.2) is 18.7 Å². The van der Waals surface area contributed by atoms with E-state index in [1.807, 2.05) is 18.7 Å². The molecule has 0 aromatic carbocycles. The minimum Gasteiger partial charge on any atom is -0.385 e. The SMILES string of the molecule is CCC(CCOC)n1ccnc1. The van der Waals surface area contributed by atoms with E-state index in [0.29, 0.717) is 6.04 Å². The molecular formula is C9H16N2O. The predicted molar refractivity (Wildman–Crippen MR) is 48.0 cm³/mol. The topological polar surface area (TPSA) is 27.1 Å². The fraction of sp³-hybridized carbons (Fsp3) is 0.667. The first-order chi connectivity index (χ1) is 5.88. The van der Waals surface area contributed by atoms with E-state index in [1.165, 1.54) is 0 Å². The average molecular weight is 168 g/mol. The second kappa shape index (κ2) is 4.93. The van der Waals surface area contributed by atoms with Crippen molar-refractivity contribution in [3.05, 3.63) is 18.7 Å². The number of aromatic nitrogens is 2. The van der Waals surface area contributed by atoms with Crippen LogP contribution < -0.4 is 0 Å². The van der Waals surface area contributed by atoms with Gasteiger partial charge in [-0.15, -0.1) is 0 Å². The van der Waals surface area contributed by atoms with Crippen molar-refractivity contribution in [2.75, 3.05) is 13.7 Å². The van der Waals surface area contributed by atoms with Gasteiger partial charge >= 0.3 is 0 Å². The van der Waals surface area contributed by atoms with E-state index in [1.54, 1.807) is 7.11 Å². The van der Waals surface area contributed by atoms with Crippen LogP contribution in [0.25, 0.3) is 0 Å². The molecule has 1 unspecified atom stereocenters. The summed E-state index contributed by atoms with van der Waals surface area (Å²) in [6.07, 6.45) is 7.87. The Kier molecular flexibility index (Phi) is 3.80. The number of ether oxygens (including phenoxy) is 1. The maximum Gasteiger partial charge on any atom is 0.0948 e. The highest BCUT2D eigenvalue weighted by Crippen LogP contribution is 2.14. The van der Waals surface area contributed by atoms with E-state index in [4.69, 9.17) is 4.74 Å². The molecule has 0 saturated heterocycles. The van der Waals surface area contributed by atoms with Crippen molar-refractivity contribution in [2.24, 2.45) is 0 Å². The second-order valence-corrected chi connectivity index (χ2v) is 2.85. The zero-order valence-electron chi connectivity index (χ0n) is 7.73. The van der Waals surface area contributed by atoms with Crippen LogP contribution >= 0.6 is 0 Å². The number of hydrogen-bond acceptors (Lipinski definition) is 2. The zero-order chi connectivity index (χ0) is 8.81. The summed E-state index contributed by atoms with van der Waals surface area (Å²) in [6.45, 7) is 3.00. The van der Waals surface area contributed by atoms with E-state index >= 15 is 0 Å². The van der Waals surface area contributed by atoms with Gasteiger partial charge in [0.25, 0.3) is 0 Å². The molecule has 1 rings (SSSR count). The van der Waals surface area contributed by atoms with Gasteiger partial charge in [-0.2, -0.15) is 0 Å². The lowest BCUT2D eigenvalue weighted by molar-refractivity contribution is 0.177. The second-order valence-electron chi connectivity index (χ2n) is 2.85. The van der Waals surface area contributed by atoms with Crippen molar-refractivity contribution in [1.29, 1.82) is 0 Å². The number of nitrogens with zero attached hydrogens (tertiary/aromatic N) is 2. The summed E-state index contributed by atoms with van der Waals surface area (Å²) in [5, 5.41) is 0. The van der Waals surface area contributed by atoms with Gasteiger partial charge in [0.05, 0.1) is 6.33 Å². The normalized spacial score (nSPS) is 13.2. The lowest BCUT2D eigenvalue weighted by Crippen LogP contribution is -2.08. The Morgan fingerprint density at radius 3 is 2.92 bits per heavy atom. The fourth-order valence-corrected chi connectivity index (χ4v) is 1.30. The van der Waals surface area contributed by atoms with Gasteiger partial charge in [-0.25, -0.2) is 4.98 Å². The van der Waals surface area contributed by atoms with Gasteiger partial charge in [0.1, 0.15) is 0 Å². The third-order valence-corrected chi connectivity index (χ3v) is 2.07. The van der Waals surface area contributed by atoms with Crippen LogP contribution in [0.1, 0.15) is 25.8 Å². The molecule has 1 atom stereocenters. The first kappa shape index (κ1) is 9.26. The maximum absolute atomic E-state index is 5.04. The Balaban J connectivity index is 2.45. The summed E-state index contributed by atoms with van der Waals surface area (Å²) in [5.41, 5.74) is 0. The molecule has 1 aromatic heterocycles. The molecule has 68 valence electrons. The largest absolute Gasteiger partial charge is 0.385 e. The molecule has 0 bridgehead atoms. The molecule has 0 saturated carbocycles. The fourth-order valence-electron chi connectivity index (χ4n) is 1.30. The molecule has 3 nitrogen and oxygen atoms in total. The monoisotopic (exact) mass is 168 g/mol. The number of hydrogen-bond donors (Lipinski definition) is 0. The molecule has 3 heteroatoms. The summed E-state index contributed by atoms with van der Waals surface area (Å²) < 4.78 is 7.18. The molecule has 0 radical (unpaired) electrons. The number of imidazole rings is 1. The Morgan fingerprint density at radius 1 is 1.58 bits per heavy atom. The lowest BCUT2D eigenvalue weighted by Gasteiger charge is -2.15. The van der Waals surface area contributed by atoms with Crippen molar-refractivity contribution in [3.8, 4) is 0 Å². The molecule has 0 amide bonds. The minimum absolute atomic E-state index is 0.535. The Morgan fingerprint density at radius 2 is 2.42 bits per heavy atom. The van der Waals surface area contributed by atoms with Crippen LogP contribution in [0.3, 0.4) is 0 Å². The van der Waals surface area contributed by atoms with Crippen molar-refractivity contribution in [3.63, 3.8) is 0 Å². The molecule has 0 N–H and O–H groups in total. The molecule has 0 spiro atoms. The first-order valence-corrected chi connectivity index (χ1v) is 4.34. The van der Waals surface area contributed by atoms with Crippen LogP contribution in [-0.2, 0) is 4.74 Å². The Labute approximate surface area is 73.4 Å². The van der Waals surface area contributed by atoms with Gasteiger partial charge in [-0.1, -0.05) is 6.92 Å². The smallest absolute Gasteiger partial charge is 0.0948 e. The van der Waals surface area contributed by atoms with E-state index < -0.39 is 0 Å². The third kappa shape index (κ3) is 2.34. The van der Waals surface area contributed by atoms with Crippen molar-refractivity contribution in [2.45, 2.75) is 25.8 Å². The Bertz CT molecular complexity index is 196. The van der Waals surface area contributed by atoms with Gasteiger partial charge in [0.2, 0.25) is 0 Å². The molecule has 0 aliphatic carbocycles. The highest BCUT2D eigenvalue weighted by molar-refractivity contribution is 4.79. The van der Waals surface area contributed by atoms with Gasteiger partial charge in [-0.05, 0) is 12.8 Å². The van der Waals surface area contributed by atoms with Crippen molar-refractivity contribution >= 4 is 0 Å². The first-order valence-electron chi connectivity index (χ1n) is 4.34. The van der Waals surface area contributed by atoms with Crippen LogP contribution in [0, 0.1) is 0 Å². The highest BCUT2D eigenvalue weighted by Gasteiger charge is 2.06. The van der Waals surface area contributed by atoms with E-state index in [0.717, 1.165) is 19.4 Å². The molecule has 0 fully saturated rings. The van der Waals surface area contributed by atoms with Gasteiger partial charge < -0.3 is 9.30 Å². The van der Waals surface area contributed by atoms with E-state index in [-0.39, 0.29) is 0 Å². The quantitative estimate of drug-likeness (QED) is 0.671. The van der Waals surface area contributed by atoms with Gasteiger partial charge in [0, 0.05) is 32.2 Å². The summed E-state index contributed by atoms with van der Waals surface area (Å²) >= 11 is 0. The summed E-state index contributed by atoms with van der Waals surface area (Å²) in [6, 6.07) is 0.535. The lowest BCUT2D eigenvalue weighted by atomic mass is 10.1. The molecule has 12 heavy (non-hydrogen) atoms. The molecule has 1 aromatic rings. The van der Waals surface area contributed by atoms with E-state index in [9.17, 15) is 0 Å².